The number of aromatic nitrogens is 3. The zero-order valence-corrected chi connectivity index (χ0v) is 12.5. The van der Waals surface area contributed by atoms with Gasteiger partial charge in [-0.1, -0.05) is 6.92 Å². The van der Waals surface area contributed by atoms with E-state index < -0.39 is 0 Å². The molecule has 0 aliphatic heterocycles. The molecule has 1 atom stereocenters. The topological polar surface area (TPSA) is 62.7 Å². The van der Waals surface area contributed by atoms with Crippen molar-refractivity contribution in [3.8, 4) is 0 Å². The molecular weight excluding hydrogens is 258 g/mol. The second-order valence-electron chi connectivity index (χ2n) is 4.50. The molecule has 102 valence electrons. The quantitative estimate of drug-likeness (QED) is 0.880. The molecule has 0 bridgehead atoms. The smallest absolute Gasteiger partial charge is 0.134 e. The van der Waals surface area contributed by atoms with E-state index in [1.807, 2.05) is 32.5 Å². The predicted octanol–water partition coefficient (Wildman–Crippen LogP) is 2.81. The van der Waals surface area contributed by atoms with E-state index in [1.54, 1.807) is 11.3 Å². The Bertz CT molecular complexity index is 538. The summed E-state index contributed by atoms with van der Waals surface area (Å²) < 4.78 is 0. The molecule has 1 unspecified atom stereocenters. The Hall–Kier alpha value is -1.69. The molecule has 0 aromatic carbocycles. The fraction of sp³-hybridized carbons (Fsp3) is 0.462. The number of anilines is 2. The van der Waals surface area contributed by atoms with Crippen LogP contribution in [-0.2, 0) is 0 Å². The molecule has 0 saturated carbocycles. The van der Waals surface area contributed by atoms with Gasteiger partial charge in [-0.3, -0.25) is 0 Å². The highest BCUT2D eigenvalue weighted by Crippen LogP contribution is 2.22. The molecule has 19 heavy (non-hydrogen) atoms. The van der Waals surface area contributed by atoms with Crippen molar-refractivity contribution in [2.75, 3.05) is 24.2 Å². The molecule has 0 radical (unpaired) electrons. The molecule has 0 amide bonds. The third-order valence-corrected chi connectivity index (χ3v) is 3.95. The van der Waals surface area contributed by atoms with E-state index in [1.165, 1.54) is 0 Å². The van der Waals surface area contributed by atoms with Gasteiger partial charge in [0.1, 0.15) is 17.5 Å². The third kappa shape index (κ3) is 3.20. The number of hydrogen-bond donors (Lipinski definition) is 2. The first-order valence-corrected chi connectivity index (χ1v) is 7.16. The maximum atomic E-state index is 4.46. The van der Waals surface area contributed by atoms with Gasteiger partial charge in [0.05, 0.1) is 5.01 Å². The summed E-state index contributed by atoms with van der Waals surface area (Å²) in [6.07, 6.45) is 1.84. The van der Waals surface area contributed by atoms with Crippen molar-refractivity contribution in [3.05, 3.63) is 28.0 Å². The second-order valence-corrected chi connectivity index (χ2v) is 5.42. The molecular formula is C13H19N5S. The molecule has 2 aromatic heterocycles. The van der Waals surface area contributed by atoms with Crippen LogP contribution in [0.4, 0.5) is 11.6 Å². The first kappa shape index (κ1) is 13.7. The van der Waals surface area contributed by atoms with Gasteiger partial charge < -0.3 is 10.6 Å². The van der Waals surface area contributed by atoms with Gasteiger partial charge in [-0.05, 0) is 13.8 Å². The van der Waals surface area contributed by atoms with Crippen LogP contribution in [0.3, 0.4) is 0 Å². The normalized spacial score (nSPS) is 12.2. The Labute approximate surface area is 117 Å². The van der Waals surface area contributed by atoms with Gasteiger partial charge in [-0.2, -0.15) is 0 Å². The Morgan fingerprint density at radius 1 is 1.26 bits per heavy atom. The fourth-order valence-corrected chi connectivity index (χ4v) is 2.56. The number of thiazole rings is 1. The zero-order valence-electron chi connectivity index (χ0n) is 11.7. The third-order valence-electron chi connectivity index (χ3n) is 2.94. The molecule has 2 aromatic rings. The summed E-state index contributed by atoms with van der Waals surface area (Å²) in [7, 11) is 1.87. The Balaban J connectivity index is 2.09. The number of hydrogen-bond acceptors (Lipinski definition) is 6. The van der Waals surface area contributed by atoms with Crippen LogP contribution >= 0.6 is 11.3 Å². The zero-order chi connectivity index (χ0) is 13.8. The molecule has 0 spiro atoms. The van der Waals surface area contributed by atoms with Crippen LogP contribution < -0.4 is 10.6 Å². The van der Waals surface area contributed by atoms with Crippen LogP contribution in [-0.4, -0.2) is 28.5 Å². The average molecular weight is 277 g/mol. The lowest BCUT2D eigenvalue weighted by atomic mass is 10.2. The van der Waals surface area contributed by atoms with Gasteiger partial charge in [-0.25, -0.2) is 15.0 Å². The van der Waals surface area contributed by atoms with Crippen molar-refractivity contribution in [2.45, 2.75) is 26.7 Å². The summed E-state index contributed by atoms with van der Waals surface area (Å²) in [5.41, 5.74) is 1.04. The molecule has 0 saturated heterocycles. The first-order valence-electron chi connectivity index (χ1n) is 6.28. The van der Waals surface area contributed by atoms with E-state index in [2.05, 4.69) is 32.5 Å². The van der Waals surface area contributed by atoms with Gasteiger partial charge in [0, 0.05) is 36.7 Å². The summed E-state index contributed by atoms with van der Waals surface area (Å²) in [5.74, 6) is 2.89. The van der Waals surface area contributed by atoms with Crippen molar-refractivity contribution in [1.82, 2.24) is 15.0 Å². The van der Waals surface area contributed by atoms with Crippen molar-refractivity contribution < 1.29 is 0 Å². The van der Waals surface area contributed by atoms with Crippen LogP contribution in [0.2, 0.25) is 0 Å². The highest BCUT2D eigenvalue weighted by molar-refractivity contribution is 7.09. The lowest BCUT2D eigenvalue weighted by molar-refractivity contribution is 0.789. The van der Waals surface area contributed by atoms with Crippen LogP contribution in [0, 0.1) is 13.8 Å². The monoisotopic (exact) mass is 277 g/mol. The highest BCUT2D eigenvalue weighted by atomic mass is 32.1. The summed E-state index contributed by atoms with van der Waals surface area (Å²) in [5, 5.41) is 9.63. The Kier molecular flexibility index (Phi) is 4.31. The summed E-state index contributed by atoms with van der Waals surface area (Å²) in [4.78, 5) is 13.1. The van der Waals surface area contributed by atoms with E-state index in [4.69, 9.17) is 0 Å². The Morgan fingerprint density at radius 3 is 2.63 bits per heavy atom. The van der Waals surface area contributed by atoms with E-state index in [9.17, 15) is 0 Å². The van der Waals surface area contributed by atoms with Gasteiger partial charge in [0.25, 0.3) is 0 Å². The number of rotatable bonds is 5. The molecule has 2 N–H and O–H groups in total. The van der Waals surface area contributed by atoms with Crippen LogP contribution in [0.1, 0.15) is 29.2 Å². The van der Waals surface area contributed by atoms with Gasteiger partial charge in [0.15, 0.2) is 0 Å². The van der Waals surface area contributed by atoms with Gasteiger partial charge in [-0.15, -0.1) is 11.3 Å². The van der Waals surface area contributed by atoms with Crippen LogP contribution in [0.5, 0.6) is 0 Å². The van der Waals surface area contributed by atoms with Gasteiger partial charge in [0.2, 0.25) is 0 Å². The van der Waals surface area contributed by atoms with Crippen LogP contribution in [0.15, 0.2) is 11.6 Å². The summed E-state index contributed by atoms with van der Waals surface area (Å²) in [6, 6.07) is 0. The second kappa shape index (κ2) is 5.97. The first-order chi connectivity index (χ1) is 9.11. The average Bonchev–Trinajstić information content (AvgIpc) is 2.93. The lowest BCUT2D eigenvalue weighted by Crippen LogP contribution is -2.13. The standard InChI is InChI=1S/C13H19N5S/c1-8(13-15-5-6-19-13)7-16-12-9(2)11(14-4)17-10(3)18-12/h5-6,8H,7H2,1-4H3,(H2,14,16,17,18). The fourth-order valence-electron chi connectivity index (χ4n) is 1.86. The van der Waals surface area contributed by atoms with Crippen molar-refractivity contribution >= 4 is 23.0 Å². The SMILES string of the molecule is CNc1nc(C)nc(NCC(C)c2nccs2)c1C. The molecule has 0 aliphatic rings. The number of aryl methyl sites for hydroxylation is 1. The van der Waals surface area contributed by atoms with E-state index in [0.717, 1.165) is 34.6 Å². The van der Waals surface area contributed by atoms with Crippen LogP contribution in [0.25, 0.3) is 0 Å². The maximum absolute atomic E-state index is 4.46. The van der Waals surface area contributed by atoms with Gasteiger partial charge >= 0.3 is 0 Å². The van der Waals surface area contributed by atoms with Crippen molar-refractivity contribution in [3.63, 3.8) is 0 Å². The number of nitrogens with zero attached hydrogens (tertiary/aromatic N) is 3. The molecule has 2 rings (SSSR count). The van der Waals surface area contributed by atoms with E-state index in [0.29, 0.717) is 5.92 Å². The number of nitrogens with one attached hydrogen (secondary N) is 2. The highest BCUT2D eigenvalue weighted by Gasteiger charge is 2.11. The molecule has 6 heteroatoms. The maximum Gasteiger partial charge on any atom is 0.134 e. The minimum Gasteiger partial charge on any atom is -0.373 e. The summed E-state index contributed by atoms with van der Waals surface area (Å²) in [6.45, 7) is 6.89. The molecule has 5 nitrogen and oxygen atoms in total. The summed E-state index contributed by atoms with van der Waals surface area (Å²) >= 11 is 1.68. The lowest BCUT2D eigenvalue weighted by Gasteiger charge is -2.14. The predicted molar refractivity (Wildman–Crippen MR) is 80.1 cm³/mol. The van der Waals surface area contributed by atoms with E-state index in [-0.39, 0.29) is 0 Å². The van der Waals surface area contributed by atoms with Crippen molar-refractivity contribution in [2.24, 2.45) is 0 Å². The molecule has 0 aliphatic carbocycles. The Morgan fingerprint density at radius 2 is 2.00 bits per heavy atom. The minimum atomic E-state index is 0.368. The minimum absolute atomic E-state index is 0.368. The molecule has 0 fully saturated rings. The van der Waals surface area contributed by atoms with Crippen molar-refractivity contribution in [1.29, 1.82) is 0 Å². The van der Waals surface area contributed by atoms with E-state index >= 15 is 0 Å². The largest absolute Gasteiger partial charge is 0.373 e. The molecule has 2 heterocycles.